The second kappa shape index (κ2) is 7.81. The molecule has 2 aromatic heterocycles. The molecule has 1 aromatic carbocycles. The van der Waals surface area contributed by atoms with Gasteiger partial charge in [-0.3, -0.25) is 14.7 Å². The van der Waals surface area contributed by atoms with Crippen molar-refractivity contribution in [3.05, 3.63) is 57.8 Å². The van der Waals surface area contributed by atoms with Gasteiger partial charge in [0.2, 0.25) is 5.95 Å². The highest BCUT2D eigenvalue weighted by atomic mass is 16.1. The van der Waals surface area contributed by atoms with Crippen LogP contribution in [0.3, 0.4) is 0 Å². The fraction of sp³-hybridized carbons (Fsp3) is 0.278. The Hall–Kier alpha value is -3.49. The van der Waals surface area contributed by atoms with Crippen molar-refractivity contribution >= 4 is 11.9 Å². The second-order valence-electron chi connectivity index (χ2n) is 6.30. The van der Waals surface area contributed by atoms with Crippen LogP contribution >= 0.6 is 0 Å². The van der Waals surface area contributed by atoms with Gasteiger partial charge >= 0.3 is 0 Å². The van der Waals surface area contributed by atoms with Crippen molar-refractivity contribution in [2.24, 2.45) is 0 Å². The number of hydrogen-bond donors (Lipinski definition) is 3. The molecule has 3 aromatic rings. The Morgan fingerprint density at radius 1 is 1.22 bits per heavy atom. The van der Waals surface area contributed by atoms with Crippen LogP contribution in [0.4, 0.5) is 5.95 Å². The molecule has 0 radical (unpaired) electrons. The van der Waals surface area contributed by atoms with Crippen LogP contribution in [0.2, 0.25) is 0 Å². The van der Waals surface area contributed by atoms with Crippen molar-refractivity contribution in [3.8, 4) is 11.4 Å². The predicted octanol–water partition coefficient (Wildman–Crippen LogP) is 0.902. The van der Waals surface area contributed by atoms with Crippen molar-refractivity contribution in [3.63, 3.8) is 0 Å². The molecule has 3 N–H and O–H groups in total. The zero-order chi connectivity index (χ0) is 19.4. The quantitative estimate of drug-likeness (QED) is 0.595. The Balaban J connectivity index is 1.65. The van der Waals surface area contributed by atoms with Crippen molar-refractivity contribution in [2.45, 2.75) is 13.3 Å². The molecule has 0 unspecified atom stereocenters. The van der Waals surface area contributed by atoms with Crippen molar-refractivity contribution in [2.75, 3.05) is 25.5 Å². The van der Waals surface area contributed by atoms with Crippen LogP contribution in [-0.4, -0.2) is 51.7 Å². The molecule has 0 aliphatic carbocycles. The fourth-order valence-electron chi connectivity index (χ4n) is 2.55. The molecule has 9 heteroatoms. The summed E-state index contributed by atoms with van der Waals surface area (Å²) in [6.07, 6.45) is 0.441. The largest absolute Gasteiger partial charge is 0.352 e. The number of carbonyl (C=O) groups excluding carboxylic acids is 1. The highest BCUT2D eigenvalue weighted by Gasteiger charge is 2.11. The van der Waals surface area contributed by atoms with E-state index in [1.54, 1.807) is 30.0 Å². The smallest absolute Gasteiger partial charge is 0.251 e. The standard InChI is InChI=1S/C18H21N7O2/c1-11-9-15(26)21-14(20-11)7-8-19-17(27)13-6-4-5-12(10-13)16-22-18(24-23-16)25(2)3/h4-6,9-10H,7-8H2,1-3H3,(H,19,27)(H,20,21,26)(H,22,23,24). The Kier molecular flexibility index (Phi) is 5.30. The number of H-pyrrole nitrogens is 2. The van der Waals surface area contributed by atoms with Crippen LogP contribution in [0.1, 0.15) is 21.9 Å². The molecule has 140 valence electrons. The number of nitrogens with one attached hydrogen (secondary N) is 3. The number of carbonyl (C=O) groups is 1. The van der Waals surface area contributed by atoms with E-state index in [0.29, 0.717) is 41.8 Å². The van der Waals surface area contributed by atoms with Crippen LogP contribution in [0.5, 0.6) is 0 Å². The number of aromatic amines is 2. The molecule has 0 saturated heterocycles. The topological polar surface area (TPSA) is 120 Å². The van der Waals surface area contributed by atoms with Gasteiger partial charge in [0.15, 0.2) is 5.82 Å². The lowest BCUT2D eigenvalue weighted by atomic mass is 10.1. The van der Waals surface area contributed by atoms with E-state index in [-0.39, 0.29) is 11.5 Å². The van der Waals surface area contributed by atoms with E-state index in [1.165, 1.54) is 6.07 Å². The average Bonchev–Trinajstić information content (AvgIpc) is 3.11. The molecule has 0 aliphatic rings. The molecule has 3 rings (SSSR count). The van der Waals surface area contributed by atoms with Gasteiger partial charge in [-0.05, 0) is 19.1 Å². The van der Waals surface area contributed by atoms with Gasteiger partial charge in [-0.25, -0.2) is 4.98 Å². The second-order valence-corrected chi connectivity index (χ2v) is 6.30. The van der Waals surface area contributed by atoms with Gasteiger partial charge in [0.1, 0.15) is 5.82 Å². The molecule has 9 nitrogen and oxygen atoms in total. The zero-order valence-corrected chi connectivity index (χ0v) is 15.4. The number of hydrogen-bond acceptors (Lipinski definition) is 6. The monoisotopic (exact) mass is 367 g/mol. The predicted molar refractivity (Wildman–Crippen MR) is 102 cm³/mol. The number of aromatic nitrogens is 5. The van der Waals surface area contributed by atoms with Crippen LogP contribution in [0.25, 0.3) is 11.4 Å². The summed E-state index contributed by atoms with van der Waals surface area (Å²) in [5.74, 6) is 1.50. The molecular weight excluding hydrogens is 346 g/mol. The maximum Gasteiger partial charge on any atom is 0.251 e. The zero-order valence-electron chi connectivity index (χ0n) is 15.4. The minimum absolute atomic E-state index is 0.194. The van der Waals surface area contributed by atoms with Crippen molar-refractivity contribution < 1.29 is 4.79 Å². The summed E-state index contributed by atoms with van der Waals surface area (Å²) in [5.41, 5.74) is 1.74. The first-order valence-electron chi connectivity index (χ1n) is 8.47. The van der Waals surface area contributed by atoms with E-state index in [9.17, 15) is 9.59 Å². The van der Waals surface area contributed by atoms with Crippen molar-refractivity contribution in [1.29, 1.82) is 0 Å². The summed E-state index contributed by atoms with van der Waals surface area (Å²) >= 11 is 0. The lowest BCUT2D eigenvalue weighted by molar-refractivity contribution is 0.0954. The van der Waals surface area contributed by atoms with Crippen LogP contribution in [-0.2, 0) is 6.42 Å². The van der Waals surface area contributed by atoms with Gasteiger partial charge in [-0.2, -0.15) is 4.98 Å². The molecular formula is C18H21N7O2. The van der Waals surface area contributed by atoms with Crippen LogP contribution in [0, 0.1) is 6.92 Å². The molecule has 1 amide bonds. The summed E-state index contributed by atoms with van der Waals surface area (Å²) in [4.78, 5) is 36.9. The van der Waals surface area contributed by atoms with E-state index < -0.39 is 0 Å². The van der Waals surface area contributed by atoms with E-state index in [4.69, 9.17) is 0 Å². The first kappa shape index (κ1) is 18.3. The fourth-order valence-corrected chi connectivity index (χ4v) is 2.55. The SMILES string of the molecule is Cc1cc(=O)[nH]c(CCNC(=O)c2cccc(-c3nc(N(C)C)n[nH]3)c2)n1. The van der Waals surface area contributed by atoms with E-state index in [1.807, 2.05) is 20.2 Å². The molecule has 0 spiro atoms. The highest BCUT2D eigenvalue weighted by Crippen LogP contribution is 2.18. The molecule has 2 heterocycles. The highest BCUT2D eigenvalue weighted by molar-refractivity contribution is 5.95. The van der Waals surface area contributed by atoms with Crippen LogP contribution < -0.4 is 15.8 Å². The average molecular weight is 367 g/mol. The Morgan fingerprint density at radius 3 is 2.74 bits per heavy atom. The summed E-state index contributed by atoms with van der Waals surface area (Å²) in [5, 5.41) is 9.82. The van der Waals surface area contributed by atoms with Crippen molar-refractivity contribution in [1.82, 2.24) is 30.5 Å². The van der Waals surface area contributed by atoms with Gasteiger partial charge < -0.3 is 15.2 Å². The Bertz CT molecular complexity index is 1010. The minimum atomic E-state index is -0.209. The maximum absolute atomic E-state index is 12.4. The van der Waals surface area contributed by atoms with Gasteiger partial charge in [-0.1, -0.05) is 12.1 Å². The number of nitrogens with zero attached hydrogens (tertiary/aromatic N) is 4. The minimum Gasteiger partial charge on any atom is -0.352 e. The summed E-state index contributed by atoms with van der Waals surface area (Å²) in [6, 6.07) is 8.57. The lowest BCUT2D eigenvalue weighted by Crippen LogP contribution is -2.27. The third-order valence-corrected chi connectivity index (χ3v) is 3.84. The van der Waals surface area contributed by atoms with E-state index >= 15 is 0 Å². The number of anilines is 1. The van der Waals surface area contributed by atoms with Gasteiger partial charge in [0.25, 0.3) is 11.5 Å². The van der Waals surface area contributed by atoms with Gasteiger partial charge in [0.05, 0.1) is 0 Å². The lowest BCUT2D eigenvalue weighted by Gasteiger charge is -2.07. The molecule has 0 fully saturated rings. The van der Waals surface area contributed by atoms with E-state index in [2.05, 4.69) is 30.5 Å². The van der Waals surface area contributed by atoms with Gasteiger partial charge in [0, 0.05) is 49.9 Å². The Morgan fingerprint density at radius 2 is 2.04 bits per heavy atom. The maximum atomic E-state index is 12.4. The molecule has 0 saturated carbocycles. The normalized spacial score (nSPS) is 10.6. The molecule has 0 atom stereocenters. The van der Waals surface area contributed by atoms with E-state index in [0.717, 1.165) is 5.56 Å². The first-order chi connectivity index (χ1) is 12.9. The number of rotatable bonds is 6. The van der Waals surface area contributed by atoms with Gasteiger partial charge in [-0.15, -0.1) is 5.10 Å². The number of aryl methyl sites for hydroxylation is 1. The summed E-state index contributed by atoms with van der Waals surface area (Å²) in [7, 11) is 3.71. The molecule has 0 bridgehead atoms. The molecule has 27 heavy (non-hydrogen) atoms. The number of benzene rings is 1. The molecule has 0 aliphatic heterocycles. The number of amides is 1. The summed E-state index contributed by atoms with van der Waals surface area (Å²) in [6.45, 7) is 2.12. The third kappa shape index (κ3) is 4.57. The third-order valence-electron chi connectivity index (χ3n) is 3.84. The Labute approximate surface area is 155 Å². The first-order valence-corrected chi connectivity index (χ1v) is 8.47. The van der Waals surface area contributed by atoms with Crippen LogP contribution in [0.15, 0.2) is 35.1 Å². The summed E-state index contributed by atoms with van der Waals surface area (Å²) < 4.78 is 0.